The number of aliphatic hydroxyl groups excluding tert-OH is 1. The first-order valence-electron chi connectivity index (χ1n) is 9.64. The van der Waals surface area contributed by atoms with Gasteiger partial charge in [-0.3, -0.25) is 4.79 Å². The van der Waals surface area contributed by atoms with Crippen LogP contribution >= 0.6 is 0 Å². The molecule has 0 amide bonds. The van der Waals surface area contributed by atoms with Gasteiger partial charge < -0.3 is 19.7 Å². The number of carboxylic acid groups (broad SMARTS) is 1. The molecule has 3 aliphatic rings. The van der Waals surface area contributed by atoms with Crippen molar-refractivity contribution in [2.75, 3.05) is 0 Å². The van der Waals surface area contributed by atoms with Crippen LogP contribution in [0, 0.1) is 5.92 Å². The topological polar surface area (TPSA) is 76.0 Å². The molecular formula is C20H32O5. The summed E-state index contributed by atoms with van der Waals surface area (Å²) in [5, 5.41) is 18.7. The number of hydrogen-bond acceptors (Lipinski definition) is 4. The Balaban J connectivity index is 1.76. The predicted octanol–water partition coefficient (Wildman–Crippen LogP) is 3.82. The molecule has 3 saturated heterocycles. The van der Waals surface area contributed by atoms with Crippen molar-refractivity contribution in [3.63, 3.8) is 0 Å². The average Bonchev–Trinajstić information content (AvgIpc) is 2.55. The van der Waals surface area contributed by atoms with Gasteiger partial charge in [0.1, 0.15) is 0 Å². The van der Waals surface area contributed by atoms with E-state index < -0.39 is 12.1 Å². The summed E-state index contributed by atoms with van der Waals surface area (Å²) in [4.78, 5) is 10.5. The Morgan fingerprint density at radius 2 is 2.04 bits per heavy atom. The van der Waals surface area contributed by atoms with Crippen LogP contribution in [-0.4, -0.2) is 40.8 Å². The Labute approximate surface area is 150 Å². The molecule has 3 heterocycles. The zero-order chi connectivity index (χ0) is 18.1. The van der Waals surface area contributed by atoms with Crippen LogP contribution in [0.1, 0.15) is 64.7 Å². The van der Waals surface area contributed by atoms with Crippen LogP contribution in [0.2, 0.25) is 0 Å². The number of aliphatic carboxylic acids is 1. The standard InChI is InChI=1S/C20H32O5/c1-2-3-6-9-15(21)12-13-17-16(18-14-20(24-17)25-18)10-7-4-5-8-11-19(22)23/h4,7,12-13,15-18,20-21H,2-3,5-6,8-11,14H2,1H3,(H,22,23)/b7-4-,13-12+/t15-,16-,17-,18+,20-/m0/s1. The van der Waals surface area contributed by atoms with E-state index in [1.54, 1.807) is 0 Å². The van der Waals surface area contributed by atoms with Gasteiger partial charge in [-0.25, -0.2) is 0 Å². The maximum absolute atomic E-state index is 10.5. The second-order valence-electron chi connectivity index (χ2n) is 7.05. The lowest BCUT2D eigenvalue weighted by atomic mass is 9.84. The molecule has 5 heteroatoms. The number of allylic oxidation sites excluding steroid dienone is 2. The highest BCUT2D eigenvalue weighted by Gasteiger charge is 2.46. The molecule has 3 aliphatic heterocycles. The smallest absolute Gasteiger partial charge is 0.303 e. The van der Waals surface area contributed by atoms with E-state index in [9.17, 15) is 9.90 Å². The SMILES string of the molecule is CCCCC[C@H](O)/C=C/[C@@H]1O[C@@H]2C[C@@H](O2)[C@H]1C/C=C\CCCC(=O)O. The summed E-state index contributed by atoms with van der Waals surface area (Å²) >= 11 is 0. The molecule has 3 fully saturated rings. The second kappa shape index (κ2) is 10.7. The average molecular weight is 352 g/mol. The van der Waals surface area contributed by atoms with Gasteiger partial charge in [0.05, 0.1) is 18.3 Å². The van der Waals surface area contributed by atoms with Gasteiger partial charge in [-0.15, -0.1) is 0 Å². The minimum atomic E-state index is -0.745. The lowest BCUT2D eigenvalue weighted by molar-refractivity contribution is -0.337. The van der Waals surface area contributed by atoms with Crippen molar-refractivity contribution in [1.82, 2.24) is 0 Å². The van der Waals surface area contributed by atoms with E-state index in [4.69, 9.17) is 14.6 Å². The molecular weight excluding hydrogens is 320 g/mol. The van der Waals surface area contributed by atoms with E-state index >= 15 is 0 Å². The van der Waals surface area contributed by atoms with Crippen LogP contribution < -0.4 is 0 Å². The molecule has 5 atom stereocenters. The van der Waals surface area contributed by atoms with Crippen LogP contribution in [0.4, 0.5) is 0 Å². The van der Waals surface area contributed by atoms with E-state index in [1.807, 2.05) is 18.2 Å². The van der Waals surface area contributed by atoms with Crippen molar-refractivity contribution in [3.8, 4) is 0 Å². The fourth-order valence-electron chi connectivity index (χ4n) is 3.38. The molecule has 0 spiro atoms. The van der Waals surface area contributed by atoms with E-state index in [2.05, 4.69) is 13.0 Å². The maximum Gasteiger partial charge on any atom is 0.303 e. The number of aliphatic hydroxyl groups is 1. The number of ether oxygens (including phenoxy) is 2. The summed E-state index contributed by atoms with van der Waals surface area (Å²) in [5.41, 5.74) is 0. The number of hydrogen-bond donors (Lipinski definition) is 2. The van der Waals surface area contributed by atoms with Crippen molar-refractivity contribution in [1.29, 1.82) is 0 Å². The molecule has 0 unspecified atom stereocenters. The van der Waals surface area contributed by atoms with Gasteiger partial charge in [-0.1, -0.05) is 50.5 Å². The molecule has 0 radical (unpaired) electrons. The molecule has 0 aromatic carbocycles. The molecule has 25 heavy (non-hydrogen) atoms. The number of carboxylic acids is 1. The third-order valence-electron chi connectivity index (χ3n) is 4.92. The number of fused-ring (bicyclic) bond motifs is 2. The highest BCUT2D eigenvalue weighted by molar-refractivity contribution is 5.66. The van der Waals surface area contributed by atoms with Gasteiger partial charge in [0.15, 0.2) is 6.29 Å². The van der Waals surface area contributed by atoms with E-state index in [0.29, 0.717) is 6.42 Å². The lowest BCUT2D eigenvalue weighted by Gasteiger charge is -2.49. The zero-order valence-electron chi connectivity index (χ0n) is 15.2. The summed E-state index contributed by atoms with van der Waals surface area (Å²) in [5.74, 6) is -0.481. The summed E-state index contributed by atoms with van der Waals surface area (Å²) < 4.78 is 11.6. The van der Waals surface area contributed by atoms with Crippen LogP contribution in [0.15, 0.2) is 24.3 Å². The van der Waals surface area contributed by atoms with Crippen molar-refractivity contribution in [2.45, 2.75) is 89.3 Å². The van der Waals surface area contributed by atoms with Crippen molar-refractivity contribution < 1.29 is 24.5 Å². The van der Waals surface area contributed by atoms with Crippen molar-refractivity contribution in [2.24, 2.45) is 5.92 Å². The first-order valence-corrected chi connectivity index (χ1v) is 9.64. The third-order valence-corrected chi connectivity index (χ3v) is 4.92. The van der Waals surface area contributed by atoms with E-state index in [-0.39, 0.29) is 30.8 Å². The minimum Gasteiger partial charge on any atom is -0.481 e. The fourth-order valence-corrected chi connectivity index (χ4v) is 3.38. The molecule has 0 saturated carbocycles. The van der Waals surface area contributed by atoms with Gasteiger partial charge in [-0.2, -0.15) is 0 Å². The monoisotopic (exact) mass is 352 g/mol. The molecule has 0 aromatic heterocycles. The second-order valence-corrected chi connectivity index (χ2v) is 7.05. The molecule has 0 aliphatic carbocycles. The van der Waals surface area contributed by atoms with Crippen LogP contribution in [0.25, 0.3) is 0 Å². The highest BCUT2D eigenvalue weighted by Crippen LogP contribution is 2.40. The minimum absolute atomic E-state index is 0.0120. The molecule has 142 valence electrons. The molecule has 2 N–H and O–H groups in total. The summed E-state index contributed by atoms with van der Waals surface area (Å²) in [6.45, 7) is 2.16. The van der Waals surface area contributed by atoms with Gasteiger partial charge in [0, 0.05) is 18.8 Å². The Morgan fingerprint density at radius 3 is 2.76 bits per heavy atom. The normalized spacial score (nSPS) is 29.8. The first-order chi connectivity index (χ1) is 12.1. The highest BCUT2D eigenvalue weighted by atomic mass is 16.7. The molecule has 0 aromatic rings. The summed E-state index contributed by atoms with van der Waals surface area (Å²) in [6, 6.07) is 0. The van der Waals surface area contributed by atoms with Crippen molar-refractivity contribution in [3.05, 3.63) is 24.3 Å². The largest absolute Gasteiger partial charge is 0.481 e. The zero-order valence-corrected chi connectivity index (χ0v) is 15.2. The Bertz CT molecular complexity index is 453. The Hall–Kier alpha value is -1.17. The Morgan fingerprint density at radius 1 is 1.24 bits per heavy atom. The molecule has 3 rings (SSSR count). The quantitative estimate of drug-likeness (QED) is 0.412. The van der Waals surface area contributed by atoms with Crippen LogP contribution in [0.5, 0.6) is 0 Å². The van der Waals surface area contributed by atoms with Crippen LogP contribution in [0.3, 0.4) is 0 Å². The molecule has 5 nitrogen and oxygen atoms in total. The Kier molecular flexibility index (Phi) is 8.65. The van der Waals surface area contributed by atoms with Crippen LogP contribution in [-0.2, 0) is 14.3 Å². The van der Waals surface area contributed by atoms with Gasteiger partial charge in [-0.05, 0) is 25.7 Å². The van der Waals surface area contributed by atoms with E-state index in [1.165, 1.54) is 0 Å². The predicted molar refractivity (Wildman–Crippen MR) is 96.2 cm³/mol. The number of rotatable bonds is 12. The van der Waals surface area contributed by atoms with Gasteiger partial charge in [0.2, 0.25) is 0 Å². The summed E-state index contributed by atoms with van der Waals surface area (Å²) in [6.07, 6.45) is 15.4. The van der Waals surface area contributed by atoms with Crippen molar-refractivity contribution >= 4 is 5.97 Å². The maximum atomic E-state index is 10.5. The summed E-state index contributed by atoms with van der Waals surface area (Å²) in [7, 11) is 0. The fraction of sp³-hybridized carbons (Fsp3) is 0.750. The van der Waals surface area contributed by atoms with E-state index in [0.717, 1.165) is 44.9 Å². The number of carbonyl (C=O) groups is 1. The lowest BCUT2D eigenvalue weighted by Crippen LogP contribution is -2.55. The molecule has 2 bridgehead atoms. The van der Waals surface area contributed by atoms with Gasteiger partial charge >= 0.3 is 5.97 Å². The van der Waals surface area contributed by atoms with Gasteiger partial charge in [0.25, 0.3) is 0 Å². The third kappa shape index (κ3) is 6.92. The number of unbranched alkanes of at least 4 members (excludes halogenated alkanes) is 3. The first kappa shape index (κ1) is 20.1.